The Morgan fingerprint density at radius 3 is 2.73 bits per heavy atom. The van der Waals surface area contributed by atoms with Crippen molar-refractivity contribution in [3.63, 3.8) is 0 Å². The minimum Gasteiger partial charge on any atom is -0.497 e. The number of rotatable bonds is 5. The number of carbonyl (C=O) groups is 3. The summed E-state index contributed by atoms with van der Waals surface area (Å²) in [5.41, 5.74) is 1.33. The predicted molar refractivity (Wildman–Crippen MR) is 103 cm³/mol. The smallest absolute Gasteiger partial charge is 0.255 e. The number of imide groups is 1. The van der Waals surface area contributed by atoms with Crippen LogP contribution in [0.4, 0.5) is 14.5 Å². The van der Waals surface area contributed by atoms with Crippen LogP contribution in [0.1, 0.15) is 34.3 Å². The number of halogens is 2. The van der Waals surface area contributed by atoms with E-state index in [1.54, 1.807) is 0 Å². The van der Waals surface area contributed by atoms with Crippen LogP contribution in [0.15, 0.2) is 30.3 Å². The molecule has 1 atom stereocenters. The maximum Gasteiger partial charge on any atom is 0.255 e. The molecule has 2 aromatic rings. The van der Waals surface area contributed by atoms with Crippen molar-refractivity contribution < 1.29 is 27.9 Å². The van der Waals surface area contributed by atoms with Crippen LogP contribution in [0, 0.1) is 11.6 Å². The Balaban J connectivity index is 1.59. The van der Waals surface area contributed by atoms with Gasteiger partial charge in [0.1, 0.15) is 23.4 Å². The van der Waals surface area contributed by atoms with Gasteiger partial charge in [0.05, 0.1) is 7.11 Å². The van der Waals surface area contributed by atoms with Crippen molar-refractivity contribution in [2.75, 3.05) is 12.4 Å². The minimum atomic E-state index is -0.797. The zero-order valence-electron chi connectivity index (χ0n) is 16.1. The van der Waals surface area contributed by atoms with Crippen molar-refractivity contribution >= 4 is 23.4 Å². The molecular formula is C21H19F2N3O4. The van der Waals surface area contributed by atoms with Gasteiger partial charge in [-0.2, -0.15) is 0 Å². The van der Waals surface area contributed by atoms with Crippen molar-refractivity contribution in [3.8, 4) is 5.75 Å². The second-order valence-electron chi connectivity index (χ2n) is 7.19. The van der Waals surface area contributed by atoms with Gasteiger partial charge >= 0.3 is 0 Å². The zero-order chi connectivity index (χ0) is 21.4. The Bertz CT molecular complexity index is 1060. The Labute approximate surface area is 171 Å². The third kappa shape index (κ3) is 3.58. The molecule has 2 aliphatic heterocycles. The Kier molecular flexibility index (Phi) is 5.11. The molecule has 0 aromatic heterocycles. The summed E-state index contributed by atoms with van der Waals surface area (Å²) in [4.78, 5) is 37.7. The average molecular weight is 415 g/mol. The fourth-order valence-electron chi connectivity index (χ4n) is 3.79. The standard InChI is InChI=1S/C21H19F2N3O4/c1-30-13-2-3-16(23)11(6-13)9-24-17-8-12(22)7-14-15(17)10-26(21(14)29)18-4-5-19(27)25-20(18)28/h2-3,6-8,18,24H,4-5,9-10H2,1H3,(H,25,27,28)/t18-/m1/s1. The number of nitrogens with one attached hydrogen (secondary N) is 2. The normalized spacial score (nSPS) is 18.3. The third-order valence-corrected chi connectivity index (χ3v) is 5.34. The lowest BCUT2D eigenvalue weighted by molar-refractivity contribution is -0.136. The summed E-state index contributed by atoms with van der Waals surface area (Å²) >= 11 is 0. The maximum atomic E-state index is 14.2. The first-order chi connectivity index (χ1) is 14.4. The number of ether oxygens (including phenoxy) is 1. The Hall–Kier alpha value is -3.49. The molecule has 1 saturated heterocycles. The van der Waals surface area contributed by atoms with Gasteiger partial charge in [-0.15, -0.1) is 0 Å². The van der Waals surface area contributed by atoms with Crippen LogP contribution >= 0.6 is 0 Å². The number of carbonyl (C=O) groups excluding carboxylic acids is 3. The van der Waals surface area contributed by atoms with Crippen molar-refractivity contribution in [3.05, 3.63) is 58.7 Å². The predicted octanol–water partition coefficient (Wildman–Crippen LogP) is 2.35. The van der Waals surface area contributed by atoms with Gasteiger partial charge in [0.2, 0.25) is 11.8 Å². The molecule has 2 N–H and O–H groups in total. The van der Waals surface area contributed by atoms with E-state index in [0.717, 1.165) is 6.07 Å². The molecule has 0 saturated carbocycles. The minimum absolute atomic E-state index is 0.0472. The molecule has 2 heterocycles. The highest BCUT2D eigenvalue weighted by Gasteiger charge is 2.40. The molecule has 1 fully saturated rings. The number of nitrogens with zero attached hydrogens (tertiary/aromatic N) is 1. The van der Waals surface area contributed by atoms with Crippen LogP contribution in [0.5, 0.6) is 5.75 Å². The molecule has 3 amide bonds. The van der Waals surface area contributed by atoms with E-state index >= 15 is 0 Å². The summed E-state index contributed by atoms with van der Waals surface area (Å²) < 4.78 is 33.4. The maximum absolute atomic E-state index is 14.2. The summed E-state index contributed by atoms with van der Waals surface area (Å²) in [7, 11) is 1.47. The SMILES string of the molecule is COc1ccc(F)c(CNc2cc(F)cc3c2CN([C@@H]2CCC(=O)NC2=O)C3=O)c1. The van der Waals surface area contributed by atoms with Crippen molar-refractivity contribution in [2.45, 2.75) is 32.0 Å². The van der Waals surface area contributed by atoms with E-state index in [0.29, 0.717) is 22.6 Å². The van der Waals surface area contributed by atoms with E-state index in [-0.39, 0.29) is 37.4 Å². The molecule has 2 aromatic carbocycles. The summed E-state index contributed by atoms with van der Waals surface area (Å²) in [6, 6.07) is 5.87. The second-order valence-corrected chi connectivity index (χ2v) is 7.19. The van der Waals surface area contributed by atoms with Crippen molar-refractivity contribution in [1.82, 2.24) is 10.2 Å². The van der Waals surface area contributed by atoms with Crippen LogP contribution in [0.25, 0.3) is 0 Å². The fraction of sp³-hybridized carbons (Fsp3) is 0.286. The first-order valence-electron chi connectivity index (χ1n) is 9.40. The lowest BCUT2D eigenvalue weighted by atomic mass is 10.0. The van der Waals surface area contributed by atoms with Gasteiger partial charge in [0.15, 0.2) is 0 Å². The highest BCUT2D eigenvalue weighted by molar-refractivity contribution is 6.06. The largest absolute Gasteiger partial charge is 0.497 e. The molecule has 9 heteroatoms. The number of hydrogen-bond acceptors (Lipinski definition) is 5. The first kappa shape index (κ1) is 19.8. The molecule has 7 nitrogen and oxygen atoms in total. The Morgan fingerprint density at radius 1 is 1.20 bits per heavy atom. The van der Waals surface area contributed by atoms with Crippen molar-refractivity contribution in [2.24, 2.45) is 0 Å². The third-order valence-electron chi connectivity index (χ3n) is 5.34. The summed E-state index contributed by atoms with van der Waals surface area (Å²) in [6.07, 6.45) is 0.343. The van der Waals surface area contributed by atoms with Crippen LogP contribution in [-0.4, -0.2) is 35.8 Å². The summed E-state index contributed by atoms with van der Waals surface area (Å²) in [6.45, 7) is 0.134. The van der Waals surface area contributed by atoms with E-state index < -0.39 is 29.5 Å². The molecule has 0 radical (unpaired) electrons. The summed E-state index contributed by atoms with van der Waals surface area (Å²) in [5.74, 6) is -1.99. The average Bonchev–Trinajstić information content (AvgIpc) is 3.03. The van der Waals surface area contributed by atoms with Crippen LogP contribution in [-0.2, 0) is 22.7 Å². The number of amides is 3. The topological polar surface area (TPSA) is 87.7 Å². The van der Waals surface area contributed by atoms with Gasteiger partial charge in [-0.05, 0) is 36.8 Å². The number of piperidine rings is 1. The molecule has 0 aliphatic carbocycles. The monoisotopic (exact) mass is 415 g/mol. The quantitative estimate of drug-likeness (QED) is 0.732. The first-order valence-corrected chi connectivity index (χ1v) is 9.40. The van der Waals surface area contributed by atoms with Crippen molar-refractivity contribution in [1.29, 1.82) is 0 Å². The van der Waals surface area contributed by atoms with E-state index in [1.807, 2.05) is 0 Å². The Morgan fingerprint density at radius 2 is 2.00 bits per heavy atom. The molecule has 2 aliphatic rings. The van der Waals surface area contributed by atoms with E-state index in [9.17, 15) is 23.2 Å². The van der Waals surface area contributed by atoms with Gasteiger partial charge in [-0.25, -0.2) is 8.78 Å². The molecule has 156 valence electrons. The van der Waals surface area contributed by atoms with E-state index in [4.69, 9.17) is 4.74 Å². The molecule has 4 rings (SSSR count). The molecule has 0 bridgehead atoms. The van der Waals surface area contributed by atoms with E-state index in [1.165, 1.54) is 36.3 Å². The van der Waals surface area contributed by atoms with Crippen LogP contribution in [0.3, 0.4) is 0 Å². The van der Waals surface area contributed by atoms with Crippen LogP contribution in [0.2, 0.25) is 0 Å². The van der Waals surface area contributed by atoms with Crippen LogP contribution < -0.4 is 15.4 Å². The summed E-state index contributed by atoms with van der Waals surface area (Å²) in [5, 5.41) is 5.22. The van der Waals surface area contributed by atoms with Gasteiger partial charge in [-0.3, -0.25) is 19.7 Å². The van der Waals surface area contributed by atoms with Gasteiger partial charge in [-0.1, -0.05) is 0 Å². The number of methoxy groups -OCH3 is 1. The van der Waals surface area contributed by atoms with Gasteiger partial charge < -0.3 is 15.0 Å². The van der Waals surface area contributed by atoms with E-state index in [2.05, 4.69) is 10.6 Å². The number of hydrogen-bond donors (Lipinski definition) is 2. The molecule has 0 spiro atoms. The fourth-order valence-corrected chi connectivity index (χ4v) is 3.79. The lowest BCUT2D eigenvalue weighted by Gasteiger charge is -2.29. The lowest BCUT2D eigenvalue weighted by Crippen LogP contribution is -2.52. The number of benzene rings is 2. The highest BCUT2D eigenvalue weighted by atomic mass is 19.1. The highest BCUT2D eigenvalue weighted by Crippen LogP contribution is 2.33. The second kappa shape index (κ2) is 7.74. The molecule has 30 heavy (non-hydrogen) atoms. The van der Waals surface area contributed by atoms with Gasteiger partial charge in [0, 0.05) is 41.9 Å². The zero-order valence-corrected chi connectivity index (χ0v) is 16.1. The molecule has 0 unspecified atom stereocenters. The number of anilines is 1. The molecular weight excluding hydrogens is 396 g/mol. The van der Waals surface area contributed by atoms with Gasteiger partial charge in [0.25, 0.3) is 5.91 Å². The number of fused-ring (bicyclic) bond motifs is 1.